The van der Waals surface area contributed by atoms with E-state index in [-0.39, 0.29) is 38.4 Å². The van der Waals surface area contributed by atoms with Crippen molar-refractivity contribution in [2.24, 2.45) is 0 Å². The van der Waals surface area contributed by atoms with Crippen LogP contribution in [0.15, 0.2) is 58.8 Å². The van der Waals surface area contributed by atoms with E-state index < -0.39 is 22.6 Å². The molecule has 0 saturated heterocycles. The molecular formula is C30H32N8O6S2. The number of benzene rings is 2. The Morgan fingerprint density at radius 2 is 1.17 bits per heavy atom. The molecule has 2 N–H and O–H groups in total. The van der Waals surface area contributed by atoms with Crippen LogP contribution in [0.4, 0.5) is 0 Å². The third-order valence-electron chi connectivity index (χ3n) is 7.72. The minimum Gasteiger partial charge on any atom is -0.490 e. The lowest BCUT2D eigenvalue weighted by atomic mass is 10.0. The van der Waals surface area contributed by atoms with Gasteiger partial charge in [0.25, 0.3) is 0 Å². The Balaban J connectivity index is 1.29. The molecule has 2 aromatic heterocycles. The average molecular weight is 665 g/mol. The number of esters is 2. The number of rotatable bonds is 4. The van der Waals surface area contributed by atoms with Crippen LogP contribution in [-0.2, 0) is 31.9 Å². The summed E-state index contributed by atoms with van der Waals surface area (Å²) in [5, 5.41) is 17.5. The normalized spacial score (nSPS) is 21.8. The number of nitrogens with one attached hydrogen (secondary N) is 2. The van der Waals surface area contributed by atoms with Gasteiger partial charge in [-0.25, -0.2) is 9.35 Å². The van der Waals surface area contributed by atoms with Gasteiger partial charge in [-0.05, 0) is 26.0 Å². The summed E-state index contributed by atoms with van der Waals surface area (Å²) in [4.78, 5) is 26.4. The Bertz CT molecular complexity index is 1620. The highest BCUT2D eigenvalue weighted by molar-refractivity contribution is 8.00. The third-order valence-corrected chi connectivity index (χ3v) is 10.1. The fourth-order valence-corrected chi connectivity index (χ4v) is 7.83. The highest BCUT2D eigenvalue weighted by atomic mass is 32.2. The maximum absolute atomic E-state index is 13.2. The molecule has 7 rings (SSSR count). The number of thioether (sulfide) groups is 2. The number of hydrogen-bond acceptors (Lipinski definition) is 14. The predicted molar refractivity (Wildman–Crippen MR) is 168 cm³/mol. The maximum Gasteiger partial charge on any atom is 0.322 e. The van der Waals surface area contributed by atoms with E-state index in [0.717, 1.165) is 11.1 Å². The van der Waals surface area contributed by atoms with Crippen molar-refractivity contribution in [2.75, 3.05) is 37.3 Å². The quantitative estimate of drug-likeness (QED) is 0.307. The Kier molecular flexibility index (Phi) is 8.62. The van der Waals surface area contributed by atoms with Gasteiger partial charge < -0.3 is 29.8 Å². The van der Waals surface area contributed by atoms with Crippen LogP contribution in [0.5, 0.6) is 11.5 Å². The summed E-state index contributed by atoms with van der Waals surface area (Å²) < 4.78 is 27.1. The molecule has 0 radical (unpaired) electrons. The van der Waals surface area contributed by atoms with Crippen LogP contribution < -0.4 is 20.3 Å². The van der Waals surface area contributed by atoms with Gasteiger partial charge in [0.1, 0.15) is 35.2 Å². The number of aromatic nitrogens is 6. The first-order valence-electron chi connectivity index (χ1n) is 15.1. The van der Waals surface area contributed by atoms with E-state index in [1.165, 1.54) is 23.5 Å². The molecule has 4 atom stereocenters. The van der Waals surface area contributed by atoms with Crippen molar-refractivity contribution in [3.05, 3.63) is 71.3 Å². The van der Waals surface area contributed by atoms with Gasteiger partial charge in [-0.2, -0.15) is 0 Å². The Labute approximate surface area is 272 Å². The van der Waals surface area contributed by atoms with Crippen molar-refractivity contribution >= 4 is 35.5 Å². The van der Waals surface area contributed by atoms with Gasteiger partial charge in [-0.3, -0.25) is 9.59 Å². The molecule has 3 aliphatic heterocycles. The standard InChI is InChI=1S/C30H32N8O6S2/c1-3-41-27(39)25-23-17-9-5-7-11-19(17)43-15-16-44-20-12-8-6-10-18(20)24-26(28(40)42-4-2)46-30-34-32-22(38(30)36-24)14-13-21-31-33-29(45-25)37(21)35-23/h5-12,23-26,35-36H,3-4,13-16H2,1-2H3. The number of ether oxygens (including phenoxy) is 4. The average Bonchev–Trinajstić information content (AvgIpc) is 3.67. The topological polar surface area (TPSA) is 157 Å². The lowest BCUT2D eigenvalue weighted by Gasteiger charge is -2.34. The van der Waals surface area contributed by atoms with Crippen LogP contribution in [0.2, 0.25) is 0 Å². The minimum atomic E-state index is -0.628. The molecule has 3 aliphatic rings. The van der Waals surface area contributed by atoms with E-state index in [1.54, 1.807) is 13.8 Å². The fraction of sp³-hybridized carbons (Fsp3) is 0.400. The lowest BCUT2D eigenvalue weighted by molar-refractivity contribution is -0.143. The van der Waals surface area contributed by atoms with E-state index in [0.29, 0.717) is 46.3 Å². The molecule has 0 aliphatic carbocycles. The minimum absolute atomic E-state index is 0.228. The van der Waals surface area contributed by atoms with E-state index in [4.69, 9.17) is 18.9 Å². The molecule has 0 spiro atoms. The number of fused-ring (bicyclic) bond motifs is 6. The first-order chi connectivity index (χ1) is 22.6. The molecule has 46 heavy (non-hydrogen) atoms. The Morgan fingerprint density at radius 1 is 0.739 bits per heavy atom. The van der Waals surface area contributed by atoms with Crippen LogP contribution in [-0.4, -0.2) is 78.6 Å². The molecule has 0 amide bonds. The van der Waals surface area contributed by atoms with Crippen LogP contribution in [0.1, 0.15) is 48.7 Å². The van der Waals surface area contributed by atoms with Crippen LogP contribution in [0.3, 0.4) is 0 Å². The van der Waals surface area contributed by atoms with Gasteiger partial charge in [-0.15, -0.1) is 20.4 Å². The molecule has 4 aromatic rings. The van der Waals surface area contributed by atoms with E-state index in [2.05, 4.69) is 31.2 Å². The first-order valence-corrected chi connectivity index (χ1v) is 16.8. The Hall–Kier alpha value is -4.44. The van der Waals surface area contributed by atoms with Gasteiger partial charge in [0, 0.05) is 24.0 Å². The number of hydrogen-bond donors (Lipinski definition) is 2. The van der Waals surface area contributed by atoms with Crippen LogP contribution in [0, 0.1) is 0 Å². The number of nitrogens with zero attached hydrogens (tertiary/aromatic N) is 6. The summed E-state index contributed by atoms with van der Waals surface area (Å²) in [6.45, 7) is 4.54. The van der Waals surface area contributed by atoms with Crippen molar-refractivity contribution in [1.29, 1.82) is 0 Å². The zero-order chi connectivity index (χ0) is 31.6. The van der Waals surface area contributed by atoms with Crippen molar-refractivity contribution in [1.82, 2.24) is 29.7 Å². The zero-order valence-corrected chi connectivity index (χ0v) is 26.8. The SMILES string of the molecule is CCOC(=O)C1Sc2nnc3n2NC1c1ccccc1OCCOc1ccccc1C1Nn2c(nnc2SC1C(=O)OCC)CC3. The monoisotopic (exact) mass is 664 g/mol. The number of aryl methyl sites for hydroxylation is 2. The second kappa shape index (κ2) is 13.1. The molecule has 16 heteroatoms. The molecule has 2 aromatic carbocycles. The zero-order valence-electron chi connectivity index (χ0n) is 25.1. The number of carbonyl (C=O) groups excluding carboxylic acids is 2. The molecule has 5 heterocycles. The number of para-hydroxylation sites is 2. The molecule has 14 nitrogen and oxygen atoms in total. The van der Waals surface area contributed by atoms with Gasteiger partial charge in [0.2, 0.25) is 10.3 Å². The molecule has 0 fully saturated rings. The van der Waals surface area contributed by atoms with Crippen LogP contribution >= 0.6 is 23.5 Å². The molecule has 240 valence electrons. The molecular weight excluding hydrogens is 633 g/mol. The first kappa shape index (κ1) is 30.2. The second-order valence-corrected chi connectivity index (χ2v) is 12.8. The number of carbonyl (C=O) groups is 2. The smallest absolute Gasteiger partial charge is 0.322 e. The second-order valence-electron chi connectivity index (χ2n) is 10.5. The third kappa shape index (κ3) is 5.70. The largest absolute Gasteiger partial charge is 0.490 e. The van der Waals surface area contributed by atoms with Crippen molar-refractivity contribution in [3.63, 3.8) is 0 Å². The highest BCUT2D eigenvalue weighted by Gasteiger charge is 2.42. The van der Waals surface area contributed by atoms with E-state index in [9.17, 15) is 9.59 Å². The van der Waals surface area contributed by atoms with Crippen molar-refractivity contribution in [2.45, 2.75) is 59.6 Å². The summed E-state index contributed by atoms with van der Waals surface area (Å²) in [6.07, 6.45) is 0.928. The van der Waals surface area contributed by atoms with E-state index in [1.807, 2.05) is 57.9 Å². The van der Waals surface area contributed by atoms with Crippen molar-refractivity contribution < 1.29 is 28.5 Å². The lowest BCUT2D eigenvalue weighted by Crippen LogP contribution is -2.41. The van der Waals surface area contributed by atoms with Gasteiger partial charge in [-0.1, -0.05) is 59.9 Å². The van der Waals surface area contributed by atoms with Gasteiger partial charge >= 0.3 is 11.9 Å². The molecule has 0 saturated carbocycles. The summed E-state index contributed by atoms with van der Waals surface area (Å²) >= 11 is 2.60. The van der Waals surface area contributed by atoms with Gasteiger partial charge in [0.05, 0.1) is 25.3 Å². The fourth-order valence-electron chi connectivity index (χ4n) is 5.66. The maximum atomic E-state index is 13.2. The summed E-state index contributed by atoms with van der Waals surface area (Å²) in [5.74, 6) is 1.84. The van der Waals surface area contributed by atoms with E-state index >= 15 is 0 Å². The Morgan fingerprint density at radius 3 is 1.61 bits per heavy atom. The predicted octanol–water partition coefficient (Wildman–Crippen LogP) is 3.07. The van der Waals surface area contributed by atoms with Crippen LogP contribution in [0.25, 0.3) is 0 Å². The van der Waals surface area contributed by atoms with Crippen molar-refractivity contribution in [3.8, 4) is 11.5 Å². The molecule has 4 unspecified atom stereocenters. The summed E-state index contributed by atoms with van der Waals surface area (Å²) in [5.41, 5.74) is 8.54. The highest BCUT2D eigenvalue weighted by Crippen LogP contribution is 2.42. The molecule has 4 bridgehead atoms. The summed E-state index contributed by atoms with van der Waals surface area (Å²) in [7, 11) is 0. The summed E-state index contributed by atoms with van der Waals surface area (Å²) in [6, 6.07) is 14.2. The van der Waals surface area contributed by atoms with Gasteiger partial charge in [0.15, 0.2) is 11.6 Å².